The highest BCUT2D eigenvalue weighted by atomic mass is 35.5. The van der Waals surface area contributed by atoms with Crippen LogP contribution in [0.4, 0.5) is 0 Å². The average molecular weight is 282 g/mol. The van der Waals surface area contributed by atoms with Gasteiger partial charge in [0.05, 0.1) is 13.5 Å². The number of nitrogens with zero attached hydrogens (tertiary/aromatic N) is 1. The first-order valence-corrected chi connectivity index (χ1v) is 7.26. The second kappa shape index (κ2) is 6.80. The highest BCUT2D eigenvalue weighted by molar-refractivity contribution is 6.18. The van der Waals surface area contributed by atoms with Crippen LogP contribution in [0, 0.1) is 0 Å². The number of ether oxygens (including phenoxy) is 1. The number of hydrogen-bond acceptors (Lipinski definition) is 2. The first kappa shape index (κ1) is 14.2. The van der Waals surface area contributed by atoms with Crippen LogP contribution in [0.3, 0.4) is 0 Å². The van der Waals surface area contributed by atoms with Gasteiger partial charge in [0.1, 0.15) is 5.75 Å². The molecule has 1 aliphatic rings. The van der Waals surface area contributed by atoms with Gasteiger partial charge in [-0.1, -0.05) is 12.1 Å². The SMILES string of the molecule is COc1cccc(CC(=O)N2CCCCC2CCl)c1. The second-order valence-electron chi connectivity index (χ2n) is 4.92. The summed E-state index contributed by atoms with van der Waals surface area (Å²) in [4.78, 5) is 14.3. The summed E-state index contributed by atoms with van der Waals surface area (Å²) in [5.41, 5.74) is 0.989. The summed E-state index contributed by atoms with van der Waals surface area (Å²) in [6.07, 6.45) is 3.69. The Hall–Kier alpha value is -1.22. The lowest BCUT2D eigenvalue weighted by Gasteiger charge is -2.34. The van der Waals surface area contributed by atoms with Crippen molar-refractivity contribution in [1.29, 1.82) is 0 Å². The minimum absolute atomic E-state index is 0.165. The van der Waals surface area contributed by atoms with Crippen LogP contribution in [0.2, 0.25) is 0 Å². The van der Waals surface area contributed by atoms with Crippen molar-refractivity contribution in [2.24, 2.45) is 0 Å². The molecule has 1 saturated heterocycles. The monoisotopic (exact) mass is 281 g/mol. The van der Waals surface area contributed by atoms with Gasteiger partial charge >= 0.3 is 0 Å². The predicted octanol–water partition coefficient (Wildman–Crippen LogP) is 2.86. The van der Waals surface area contributed by atoms with Crippen LogP contribution in [0.5, 0.6) is 5.75 Å². The molecule has 1 aromatic carbocycles. The van der Waals surface area contributed by atoms with Crippen molar-refractivity contribution in [3.8, 4) is 5.75 Å². The molecule has 1 unspecified atom stereocenters. The Morgan fingerprint density at radius 3 is 3.05 bits per heavy atom. The van der Waals surface area contributed by atoms with Crippen molar-refractivity contribution in [2.45, 2.75) is 31.7 Å². The van der Waals surface area contributed by atoms with Crippen LogP contribution < -0.4 is 4.74 Å². The first-order valence-electron chi connectivity index (χ1n) is 6.73. The van der Waals surface area contributed by atoms with E-state index in [1.165, 1.54) is 6.42 Å². The third-order valence-corrected chi connectivity index (χ3v) is 3.97. The topological polar surface area (TPSA) is 29.5 Å². The zero-order valence-electron chi connectivity index (χ0n) is 11.3. The first-order chi connectivity index (χ1) is 9.24. The van der Waals surface area contributed by atoms with E-state index in [-0.39, 0.29) is 11.9 Å². The smallest absolute Gasteiger partial charge is 0.227 e. The van der Waals surface area contributed by atoms with E-state index in [1.807, 2.05) is 29.2 Å². The predicted molar refractivity (Wildman–Crippen MR) is 76.8 cm³/mol. The zero-order chi connectivity index (χ0) is 13.7. The Morgan fingerprint density at radius 2 is 2.32 bits per heavy atom. The Labute approximate surface area is 119 Å². The van der Waals surface area contributed by atoms with E-state index in [1.54, 1.807) is 7.11 Å². The van der Waals surface area contributed by atoms with Gasteiger partial charge in [0, 0.05) is 18.5 Å². The van der Waals surface area contributed by atoms with Gasteiger partial charge in [0.2, 0.25) is 5.91 Å². The summed E-state index contributed by atoms with van der Waals surface area (Å²) in [5, 5.41) is 0. The molecule has 104 valence electrons. The number of carbonyl (C=O) groups excluding carboxylic acids is 1. The molecule has 0 spiro atoms. The number of hydrogen-bond donors (Lipinski definition) is 0. The molecule has 1 heterocycles. The third kappa shape index (κ3) is 3.63. The molecule has 1 aliphatic heterocycles. The van der Waals surface area contributed by atoms with E-state index in [0.29, 0.717) is 12.3 Å². The van der Waals surface area contributed by atoms with E-state index < -0.39 is 0 Å². The number of amides is 1. The maximum absolute atomic E-state index is 12.4. The highest BCUT2D eigenvalue weighted by Gasteiger charge is 2.25. The molecule has 0 aromatic heterocycles. The molecule has 1 amide bonds. The number of likely N-dealkylation sites (tertiary alicyclic amines) is 1. The fraction of sp³-hybridized carbons (Fsp3) is 0.533. The van der Waals surface area contributed by atoms with Gasteiger partial charge in [-0.25, -0.2) is 0 Å². The highest BCUT2D eigenvalue weighted by Crippen LogP contribution is 2.20. The van der Waals surface area contributed by atoms with E-state index >= 15 is 0 Å². The molecule has 3 nitrogen and oxygen atoms in total. The number of carbonyl (C=O) groups is 1. The van der Waals surface area contributed by atoms with Crippen molar-refractivity contribution >= 4 is 17.5 Å². The third-order valence-electron chi connectivity index (χ3n) is 3.62. The van der Waals surface area contributed by atoms with Crippen LogP contribution in [0.15, 0.2) is 24.3 Å². The van der Waals surface area contributed by atoms with Gasteiger partial charge in [-0.15, -0.1) is 11.6 Å². The average Bonchev–Trinajstić information content (AvgIpc) is 2.47. The minimum atomic E-state index is 0.165. The molecular weight excluding hydrogens is 262 g/mol. The summed E-state index contributed by atoms with van der Waals surface area (Å²) in [5.74, 6) is 1.49. The van der Waals surface area contributed by atoms with Crippen molar-refractivity contribution in [2.75, 3.05) is 19.5 Å². The zero-order valence-corrected chi connectivity index (χ0v) is 12.0. The Bertz CT molecular complexity index is 436. The van der Waals surface area contributed by atoms with Crippen LogP contribution in [-0.2, 0) is 11.2 Å². The fourth-order valence-corrected chi connectivity index (χ4v) is 2.87. The van der Waals surface area contributed by atoms with Gasteiger partial charge < -0.3 is 9.64 Å². The number of piperidine rings is 1. The minimum Gasteiger partial charge on any atom is -0.497 e. The maximum atomic E-state index is 12.4. The largest absolute Gasteiger partial charge is 0.497 e. The summed E-state index contributed by atoms with van der Waals surface area (Å²) in [7, 11) is 1.63. The van der Waals surface area contributed by atoms with E-state index in [9.17, 15) is 4.79 Å². The number of rotatable bonds is 4. The standard InChI is InChI=1S/C15H20ClNO2/c1-19-14-7-4-5-12(9-14)10-15(18)17-8-3-2-6-13(17)11-16/h4-5,7,9,13H,2-3,6,8,10-11H2,1H3. The molecule has 4 heteroatoms. The number of halogens is 1. The lowest BCUT2D eigenvalue weighted by atomic mass is 10.0. The van der Waals surface area contributed by atoms with Gasteiger partial charge in [-0.05, 0) is 37.0 Å². The van der Waals surface area contributed by atoms with Gasteiger partial charge in [0.15, 0.2) is 0 Å². The molecule has 0 bridgehead atoms. The lowest BCUT2D eigenvalue weighted by molar-refractivity contribution is -0.133. The summed E-state index contributed by atoms with van der Waals surface area (Å²) in [6, 6.07) is 7.87. The molecule has 1 atom stereocenters. The van der Waals surface area contributed by atoms with Gasteiger partial charge in [-0.2, -0.15) is 0 Å². The molecule has 1 aromatic rings. The molecular formula is C15H20ClNO2. The molecule has 0 saturated carbocycles. The summed E-state index contributed by atoms with van der Waals surface area (Å²) in [6.45, 7) is 0.834. The molecule has 1 fully saturated rings. The number of methoxy groups -OCH3 is 1. The van der Waals surface area contributed by atoms with Crippen molar-refractivity contribution in [1.82, 2.24) is 4.90 Å². The molecule has 0 aliphatic carbocycles. The van der Waals surface area contributed by atoms with E-state index in [2.05, 4.69) is 0 Å². The van der Waals surface area contributed by atoms with Crippen molar-refractivity contribution < 1.29 is 9.53 Å². The molecule has 2 rings (SSSR count). The number of alkyl halides is 1. The fourth-order valence-electron chi connectivity index (χ4n) is 2.55. The molecule has 0 radical (unpaired) electrons. The Balaban J connectivity index is 2.02. The van der Waals surface area contributed by atoms with Crippen LogP contribution in [-0.4, -0.2) is 36.4 Å². The Kier molecular flexibility index (Phi) is 5.08. The Morgan fingerprint density at radius 1 is 1.47 bits per heavy atom. The molecule has 0 N–H and O–H groups in total. The van der Waals surface area contributed by atoms with Crippen molar-refractivity contribution in [3.05, 3.63) is 29.8 Å². The number of benzene rings is 1. The van der Waals surface area contributed by atoms with Crippen LogP contribution >= 0.6 is 11.6 Å². The van der Waals surface area contributed by atoms with E-state index in [4.69, 9.17) is 16.3 Å². The summed E-state index contributed by atoms with van der Waals surface area (Å²) < 4.78 is 5.18. The lowest BCUT2D eigenvalue weighted by Crippen LogP contribution is -2.45. The van der Waals surface area contributed by atoms with Crippen LogP contribution in [0.1, 0.15) is 24.8 Å². The second-order valence-corrected chi connectivity index (χ2v) is 5.23. The van der Waals surface area contributed by atoms with E-state index in [0.717, 1.165) is 30.7 Å². The quantitative estimate of drug-likeness (QED) is 0.794. The molecule has 19 heavy (non-hydrogen) atoms. The van der Waals surface area contributed by atoms with Gasteiger partial charge in [0.25, 0.3) is 0 Å². The van der Waals surface area contributed by atoms with Gasteiger partial charge in [-0.3, -0.25) is 4.79 Å². The van der Waals surface area contributed by atoms with Crippen LogP contribution in [0.25, 0.3) is 0 Å². The maximum Gasteiger partial charge on any atom is 0.227 e. The summed E-state index contributed by atoms with van der Waals surface area (Å²) >= 11 is 5.96. The normalized spacial score (nSPS) is 19.3. The van der Waals surface area contributed by atoms with Crippen molar-refractivity contribution in [3.63, 3.8) is 0 Å².